The number of esters is 1. The number of carbonyl (C=O) groups is 5. The molecule has 516 valence electrons. The first-order chi connectivity index (χ1) is 45.2. The Balaban J connectivity index is 0.000000295. The highest BCUT2D eigenvalue weighted by Gasteiger charge is 2.25. The monoisotopic (exact) mass is 1320 g/mol. The Morgan fingerprint density at radius 1 is 0.564 bits per heavy atom. The number of benzene rings is 2. The number of aliphatic hydroxyl groups excluding tert-OH is 1. The fourth-order valence-corrected chi connectivity index (χ4v) is 11.7. The lowest BCUT2D eigenvalue weighted by Crippen LogP contribution is -2.30. The van der Waals surface area contributed by atoms with E-state index in [0.717, 1.165) is 218 Å². The Bertz CT molecular complexity index is 3290. The highest BCUT2D eigenvalue weighted by molar-refractivity contribution is 5.98. The fourth-order valence-electron chi connectivity index (χ4n) is 11.7. The number of nitrogens with zero attached hydrogens (tertiary/aromatic N) is 8. The van der Waals surface area contributed by atoms with Crippen LogP contribution < -0.4 is 31.9 Å². The Labute approximate surface area is 561 Å². The van der Waals surface area contributed by atoms with Crippen LogP contribution in [-0.2, 0) is 67.6 Å². The number of halogens is 1. The standard InChI is InChI=1S/C36H53N7O5.C34H51N7O4.ClH/c1-5-32-30(34(40-29-17-21-47-22-18-29)31-25-38-43(6-2)35(31)41-32)24-37-36(46)27-13-15-28(16-14-27)39-33(45)12-10-8-7-9-11-19-42(4)20-23-48-26(3)44;1-4-30-28(32(38-27-16-21-45-22-17-27)29-24-36-41(5-2)33(29)39-30)23-35-34(44)25-12-14-26(15-13-25)37-31(43)11-9-7-6-8-10-18-40(3)19-20-42;/h13-16,25,29H,5-12,17-24H2,1-4H3,(H,37,46)(H,39,45)(H,40,41);12-15,24,27,42H,4-11,16-23H2,1-3H3,(H,35,44)(H,37,43)(H,38,39);1H. The van der Waals surface area contributed by atoms with E-state index in [-0.39, 0.29) is 60.7 Å². The number of aliphatic hydroxyl groups is 1. The zero-order valence-corrected chi connectivity index (χ0v) is 57.6. The van der Waals surface area contributed by atoms with Gasteiger partial charge in [0.2, 0.25) is 11.8 Å². The summed E-state index contributed by atoms with van der Waals surface area (Å²) in [6.45, 7) is 18.8. The number of carbonyl (C=O) groups excluding carboxylic acids is 5. The molecule has 0 bridgehead atoms. The second-order valence-corrected chi connectivity index (χ2v) is 24.3. The van der Waals surface area contributed by atoms with Gasteiger partial charge in [-0.1, -0.05) is 52.4 Å². The van der Waals surface area contributed by atoms with Gasteiger partial charge in [-0.3, -0.25) is 24.0 Å². The van der Waals surface area contributed by atoms with E-state index in [0.29, 0.717) is 61.6 Å². The number of unbranched alkanes of at least 4 members (excludes halogenated alkanes) is 8. The van der Waals surface area contributed by atoms with Crippen molar-refractivity contribution in [1.29, 1.82) is 0 Å². The summed E-state index contributed by atoms with van der Waals surface area (Å²) in [4.78, 5) is 76.4. The van der Waals surface area contributed by atoms with Gasteiger partial charge in [-0.2, -0.15) is 10.2 Å². The molecular weight excluding hydrogens is 1220 g/mol. The quantitative estimate of drug-likeness (QED) is 0.0141. The van der Waals surface area contributed by atoms with E-state index in [2.05, 4.69) is 79.6 Å². The van der Waals surface area contributed by atoms with Crippen molar-refractivity contribution in [2.24, 2.45) is 0 Å². The zero-order valence-electron chi connectivity index (χ0n) is 56.8. The first-order valence-corrected chi connectivity index (χ1v) is 34.1. The third kappa shape index (κ3) is 23.9. The summed E-state index contributed by atoms with van der Waals surface area (Å²) in [5.74, 6) is -0.652. The molecule has 0 unspecified atom stereocenters. The smallest absolute Gasteiger partial charge is 0.302 e. The van der Waals surface area contributed by atoms with E-state index in [4.69, 9.17) is 29.3 Å². The van der Waals surface area contributed by atoms with Crippen LogP contribution in [0.15, 0.2) is 60.9 Å². The molecule has 6 heterocycles. The molecule has 7 N–H and O–H groups in total. The number of rotatable bonds is 37. The van der Waals surface area contributed by atoms with Gasteiger partial charge in [0.15, 0.2) is 11.3 Å². The second-order valence-electron chi connectivity index (χ2n) is 24.3. The summed E-state index contributed by atoms with van der Waals surface area (Å²) in [6, 6.07) is 14.6. The summed E-state index contributed by atoms with van der Waals surface area (Å²) in [5.41, 5.74) is 9.94. The van der Waals surface area contributed by atoms with Crippen molar-refractivity contribution in [2.45, 2.75) is 188 Å². The van der Waals surface area contributed by atoms with Crippen LogP contribution in [0.3, 0.4) is 0 Å². The van der Waals surface area contributed by atoms with Crippen molar-refractivity contribution in [1.82, 2.24) is 50.0 Å². The SMILES string of the molecule is CCc1nc2c(cnn2CC)c(NC2CCOCC2)c1CNC(=O)c1ccc(NC(=O)CCCCCCCN(C)CCO)cc1.CCc1nc2c(cnn2CC)c(NC2CCOCC2)c1CNC(=O)c1ccc(NC(=O)CCCCCCCN(C)CCOC(C)=O)cc1.Cl. The first kappa shape index (κ1) is 75.7. The lowest BCUT2D eigenvalue weighted by atomic mass is 10.0. The van der Waals surface area contributed by atoms with Crippen LogP contribution in [0.4, 0.5) is 22.7 Å². The number of likely N-dealkylation sites (N-methyl/N-ethyl adjacent to an activating group) is 2. The second kappa shape index (κ2) is 40.9. The Hall–Kier alpha value is -7.28. The van der Waals surface area contributed by atoms with Gasteiger partial charge in [-0.25, -0.2) is 19.3 Å². The van der Waals surface area contributed by atoms with Gasteiger partial charge in [-0.05, 0) is 154 Å². The molecule has 2 aliphatic rings. The number of nitrogens with one attached hydrogen (secondary N) is 6. The number of hydrogen-bond acceptors (Lipinski definition) is 17. The van der Waals surface area contributed by atoms with E-state index in [1.165, 1.54) is 6.92 Å². The van der Waals surface area contributed by atoms with Crippen molar-refractivity contribution in [3.8, 4) is 0 Å². The van der Waals surface area contributed by atoms with Crippen molar-refractivity contribution in [3.05, 3.63) is 94.6 Å². The molecule has 23 nitrogen and oxygen atoms in total. The van der Waals surface area contributed by atoms with Gasteiger partial charge < -0.3 is 61.0 Å². The number of aromatic nitrogens is 6. The average Bonchev–Trinajstić information content (AvgIpc) is 1.63. The molecule has 94 heavy (non-hydrogen) atoms. The van der Waals surface area contributed by atoms with Gasteiger partial charge in [0, 0.05) is 143 Å². The Morgan fingerprint density at radius 3 is 1.34 bits per heavy atom. The van der Waals surface area contributed by atoms with Gasteiger partial charge >= 0.3 is 5.97 Å². The van der Waals surface area contributed by atoms with Crippen LogP contribution in [-0.4, -0.2) is 166 Å². The Kier molecular flexibility index (Phi) is 32.9. The number of fused-ring (bicyclic) bond motifs is 2. The molecule has 2 aromatic carbocycles. The predicted molar refractivity (Wildman–Crippen MR) is 374 cm³/mol. The number of anilines is 4. The zero-order chi connectivity index (χ0) is 66.3. The molecule has 0 atom stereocenters. The Morgan fingerprint density at radius 2 is 0.957 bits per heavy atom. The molecule has 0 saturated carbocycles. The molecule has 0 radical (unpaired) electrons. The minimum Gasteiger partial charge on any atom is -0.465 e. The van der Waals surface area contributed by atoms with E-state index in [1.54, 1.807) is 48.5 Å². The van der Waals surface area contributed by atoms with Crippen LogP contribution in [0.5, 0.6) is 0 Å². The van der Waals surface area contributed by atoms with Gasteiger partial charge in [0.1, 0.15) is 6.61 Å². The van der Waals surface area contributed by atoms with E-state index in [9.17, 15) is 24.0 Å². The van der Waals surface area contributed by atoms with Crippen LogP contribution in [0, 0.1) is 0 Å². The molecule has 6 aromatic rings. The number of ether oxygens (including phenoxy) is 3. The molecule has 8 rings (SSSR count). The summed E-state index contributed by atoms with van der Waals surface area (Å²) in [5, 5.41) is 39.6. The van der Waals surface area contributed by atoms with Crippen LogP contribution >= 0.6 is 12.4 Å². The third-order valence-corrected chi connectivity index (χ3v) is 17.2. The lowest BCUT2D eigenvalue weighted by Gasteiger charge is -2.26. The molecule has 2 saturated heterocycles. The maximum atomic E-state index is 13.2. The van der Waals surface area contributed by atoms with Gasteiger partial charge in [-0.15, -0.1) is 12.4 Å². The first-order valence-electron chi connectivity index (χ1n) is 34.1. The normalized spacial score (nSPS) is 13.5. The lowest BCUT2D eigenvalue weighted by molar-refractivity contribution is -0.141. The van der Waals surface area contributed by atoms with Crippen LogP contribution in [0.25, 0.3) is 22.1 Å². The molecule has 4 aromatic heterocycles. The predicted octanol–water partition coefficient (Wildman–Crippen LogP) is 10.5. The van der Waals surface area contributed by atoms with E-state index >= 15 is 0 Å². The minimum absolute atomic E-state index is 0. The maximum absolute atomic E-state index is 13.2. The van der Waals surface area contributed by atoms with Crippen molar-refractivity contribution in [2.75, 3.05) is 101 Å². The van der Waals surface area contributed by atoms with Crippen molar-refractivity contribution >= 4 is 86.8 Å². The minimum atomic E-state index is -0.245. The fraction of sp³-hybridized carbons (Fsp3) is 0.586. The molecule has 2 fully saturated rings. The molecule has 24 heteroatoms. The van der Waals surface area contributed by atoms with Crippen LogP contribution in [0.1, 0.15) is 181 Å². The van der Waals surface area contributed by atoms with Gasteiger partial charge in [0.25, 0.3) is 11.8 Å². The number of hydrogen-bond donors (Lipinski definition) is 7. The van der Waals surface area contributed by atoms with Crippen molar-refractivity contribution < 1.29 is 43.3 Å². The molecule has 0 spiro atoms. The molecule has 4 amide bonds. The number of pyridine rings is 2. The number of aryl methyl sites for hydroxylation is 4. The highest BCUT2D eigenvalue weighted by atomic mass is 35.5. The van der Waals surface area contributed by atoms with Crippen LogP contribution in [0.2, 0.25) is 0 Å². The third-order valence-electron chi connectivity index (χ3n) is 17.2. The highest BCUT2D eigenvalue weighted by Crippen LogP contribution is 2.33. The molecule has 0 aliphatic carbocycles. The summed E-state index contributed by atoms with van der Waals surface area (Å²) < 4.78 is 19.9. The molecule has 2 aliphatic heterocycles. The maximum Gasteiger partial charge on any atom is 0.302 e. The topological polar surface area (TPSA) is 273 Å². The summed E-state index contributed by atoms with van der Waals surface area (Å²) in [6.07, 6.45) is 20.1. The van der Waals surface area contributed by atoms with E-state index < -0.39 is 0 Å². The number of amides is 4. The average molecular weight is 1320 g/mol. The molecular formula is C70H105ClN14O9. The summed E-state index contributed by atoms with van der Waals surface area (Å²) >= 11 is 0. The largest absolute Gasteiger partial charge is 0.465 e. The van der Waals surface area contributed by atoms with E-state index in [1.807, 2.05) is 35.9 Å². The van der Waals surface area contributed by atoms with Gasteiger partial charge in [0.05, 0.1) is 41.1 Å². The summed E-state index contributed by atoms with van der Waals surface area (Å²) in [7, 11) is 4.05. The van der Waals surface area contributed by atoms with Crippen molar-refractivity contribution in [3.63, 3.8) is 0 Å².